The molecule has 1 heteroatoms. The monoisotopic (exact) mass is 437 g/mol. The van der Waals surface area contributed by atoms with Crippen molar-refractivity contribution in [1.29, 1.82) is 0 Å². The average Bonchev–Trinajstić information content (AvgIpc) is 2.77. The van der Waals surface area contributed by atoms with Gasteiger partial charge in [-0.3, -0.25) is 4.98 Å². The highest BCUT2D eigenvalue weighted by atomic mass is 14.7. The summed E-state index contributed by atoms with van der Waals surface area (Å²) in [5.41, 5.74) is 8.95. The smallest absolute Gasteiger partial charge is 0.0406 e. The van der Waals surface area contributed by atoms with Crippen LogP contribution in [0.2, 0.25) is 0 Å². The summed E-state index contributed by atoms with van der Waals surface area (Å²) in [7, 11) is 0. The first-order chi connectivity index (χ1) is 15.1. The van der Waals surface area contributed by atoms with Crippen molar-refractivity contribution in [2.75, 3.05) is 0 Å². The van der Waals surface area contributed by atoms with Crippen LogP contribution in [0.5, 0.6) is 0 Å². The molecule has 0 amide bonds. The minimum absolute atomic E-state index is 1.10. The number of hydrogen-bond donors (Lipinski definition) is 0. The van der Waals surface area contributed by atoms with Gasteiger partial charge in [-0.2, -0.15) is 0 Å². The lowest BCUT2D eigenvalue weighted by atomic mass is 10.1. The van der Waals surface area contributed by atoms with Crippen LogP contribution in [0.3, 0.4) is 0 Å². The van der Waals surface area contributed by atoms with Crippen LogP contribution in [0.1, 0.15) is 89.9 Å². The Morgan fingerprint density at radius 2 is 1.50 bits per heavy atom. The van der Waals surface area contributed by atoms with Crippen molar-refractivity contribution >= 4 is 0 Å². The molecule has 0 spiro atoms. The quantitative estimate of drug-likeness (QED) is 0.342. The molecule has 0 unspecified atom stereocenters. The van der Waals surface area contributed by atoms with Crippen LogP contribution >= 0.6 is 0 Å². The second-order valence-corrected chi connectivity index (χ2v) is 7.74. The molecule has 1 aromatic carbocycles. The van der Waals surface area contributed by atoms with Gasteiger partial charge < -0.3 is 0 Å². The molecule has 0 saturated carbocycles. The van der Waals surface area contributed by atoms with Crippen LogP contribution in [0.4, 0.5) is 0 Å². The number of aryl methyl sites for hydroxylation is 5. The Labute approximate surface area is 201 Å². The molecule has 32 heavy (non-hydrogen) atoms. The van der Waals surface area contributed by atoms with Crippen LogP contribution in [-0.4, -0.2) is 4.98 Å². The van der Waals surface area contributed by atoms with E-state index in [0.29, 0.717) is 0 Å². The van der Waals surface area contributed by atoms with E-state index in [0.717, 1.165) is 18.5 Å². The highest BCUT2D eigenvalue weighted by molar-refractivity contribution is 5.29. The molecule has 0 aliphatic heterocycles. The summed E-state index contributed by atoms with van der Waals surface area (Å²) < 4.78 is 0. The van der Waals surface area contributed by atoms with E-state index in [-0.39, 0.29) is 0 Å². The van der Waals surface area contributed by atoms with Crippen molar-refractivity contribution in [2.45, 2.75) is 95.4 Å². The van der Waals surface area contributed by atoms with Crippen molar-refractivity contribution in [3.8, 4) is 0 Å². The number of hydrogen-bond acceptors (Lipinski definition) is 1. The minimum atomic E-state index is 1.10. The Kier molecular flexibility index (Phi) is 24.9. The molecule has 0 aliphatic rings. The lowest BCUT2D eigenvalue weighted by molar-refractivity contribution is 0.874. The third-order valence-corrected chi connectivity index (χ3v) is 4.21. The fourth-order valence-corrected chi connectivity index (χ4v) is 2.14. The molecule has 2 rings (SSSR count). The molecule has 0 aliphatic carbocycles. The van der Waals surface area contributed by atoms with E-state index < -0.39 is 0 Å². The third-order valence-electron chi connectivity index (χ3n) is 4.21. The number of rotatable bonds is 4. The van der Waals surface area contributed by atoms with Crippen molar-refractivity contribution in [3.63, 3.8) is 0 Å². The lowest BCUT2D eigenvalue weighted by Gasteiger charge is -2.01. The predicted octanol–water partition coefficient (Wildman–Crippen LogP) is 9.96. The molecule has 1 aromatic heterocycles. The van der Waals surface area contributed by atoms with Gasteiger partial charge in [0.1, 0.15) is 0 Å². The molecule has 0 bridgehead atoms. The van der Waals surface area contributed by atoms with Gasteiger partial charge in [-0.25, -0.2) is 0 Å². The molecule has 180 valence electrons. The van der Waals surface area contributed by atoms with Gasteiger partial charge in [-0.05, 0) is 90.1 Å². The maximum atomic E-state index is 4.36. The molecule has 2 aromatic rings. The van der Waals surface area contributed by atoms with Gasteiger partial charge in [0, 0.05) is 11.4 Å². The Morgan fingerprint density at radius 1 is 0.938 bits per heavy atom. The SMILES string of the molecule is C=C(C)C.C=C/C(C)=C\C.CC.CCCc1cccc(C)n1.CCc1ccc(C)c(C)c1. The zero-order valence-electron chi connectivity index (χ0n) is 23.1. The summed E-state index contributed by atoms with van der Waals surface area (Å²) >= 11 is 0. The van der Waals surface area contributed by atoms with Crippen LogP contribution in [-0.2, 0) is 12.8 Å². The topological polar surface area (TPSA) is 12.9 Å². The Hall–Kier alpha value is -2.41. The minimum Gasteiger partial charge on any atom is -0.258 e. The van der Waals surface area contributed by atoms with E-state index in [2.05, 4.69) is 76.2 Å². The third kappa shape index (κ3) is 22.3. The van der Waals surface area contributed by atoms with Crippen LogP contribution in [0.15, 0.2) is 72.9 Å². The fourth-order valence-electron chi connectivity index (χ4n) is 2.14. The van der Waals surface area contributed by atoms with Crippen LogP contribution < -0.4 is 0 Å². The summed E-state index contributed by atoms with van der Waals surface area (Å²) in [5, 5.41) is 0. The zero-order chi connectivity index (χ0) is 25.5. The normalized spacial score (nSPS) is 9.28. The number of pyridine rings is 1. The summed E-state index contributed by atoms with van der Waals surface area (Å²) in [5.74, 6) is 0. The van der Waals surface area contributed by atoms with Gasteiger partial charge in [-0.1, -0.05) is 88.3 Å². The number of aromatic nitrogens is 1. The predicted molar refractivity (Wildman–Crippen MR) is 150 cm³/mol. The van der Waals surface area contributed by atoms with Gasteiger partial charge in [0.05, 0.1) is 0 Å². The van der Waals surface area contributed by atoms with Crippen LogP contribution in [0.25, 0.3) is 0 Å². The van der Waals surface area contributed by atoms with Crippen molar-refractivity contribution in [3.05, 3.63) is 101 Å². The summed E-state index contributed by atoms with van der Waals surface area (Å²) in [6, 6.07) is 12.8. The van der Waals surface area contributed by atoms with Crippen molar-refractivity contribution in [2.24, 2.45) is 0 Å². The Balaban J connectivity index is -0.000000360. The fraction of sp³-hybridized carbons (Fsp3) is 0.452. The molecule has 1 heterocycles. The molecule has 0 radical (unpaired) electrons. The average molecular weight is 438 g/mol. The van der Waals surface area contributed by atoms with Gasteiger partial charge in [0.2, 0.25) is 0 Å². The maximum absolute atomic E-state index is 4.36. The van der Waals surface area contributed by atoms with Crippen molar-refractivity contribution in [1.82, 2.24) is 4.98 Å². The van der Waals surface area contributed by atoms with E-state index in [1.807, 2.05) is 66.7 Å². The van der Waals surface area contributed by atoms with Gasteiger partial charge in [-0.15, -0.1) is 6.58 Å². The van der Waals surface area contributed by atoms with E-state index in [1.54, 1.807) is 0 Å². The molecular formula is C31H51N. The number of allylic oxidation sites excluding steroid dienone is 4. The first kappa shape index (κ1) is 34.2. The van der Waals surface area contributed by atoms with E-state index in [9.17, 15) is 0 Å². The van der Waals surface area contributed by atoms with Gasteiger partial charge in [0.15, 0.2) is 0 Å². The maximum Gasteiger partial charge on any atom is 0.0406 e. The lowest BCUT2D eigenvalue weighted by Crippen LogP contribution is -1.89. The molecule has 0 saturated heterocycles. The van der Waals surface area contributed by atoms with Crippen molar-refractivity contribution < 1.29 is 0 Å². The van der Waals surface area contributed by atoms with Gasteiger partial charge >= 0.3 is 0 Å². The largest absolute Gasteiger partial charge is 0.258 e. The van der Waals surface area contributed by atoms with E-state index >= 15 is 0 Å². The molecule has 1 nitrogen and oxygen atoms in total. The first-order valence-electron chi connectivity index (χ1n) is 12.0. The Bertz CT molecular complexity index is 762. The highest BCUT2D eigenvalue weighted by Gasteiger charge is 1.92. The Morgan fingerprint density at radius 3 is 1.84 bits per heavy atom. The standard InChI is InChI=1S/C10H14.C9H13N.C6H10.C4H8.C2H6/c1-4-10-6-5-8(2)9(3)7-10;1-3-5-9-7-4-6-8(2)10-9;1-4-6(3)5-2;1-4(2)3;1-2/h5-7H,4H2,1-3H3;4,6-7H,3,5H2,1-2H3;4-5H,1H2,2-3H3;1H2,2-3H3;1-2H3/b;;6-5-;;. The van der Waals surface area contributed by atoms with E-state index in [1.165, 1.54) is 40.0 Å². The summed E-state index contributed by atoms with van der Waals surface area (Å²) in [6.07, 6.45) is 7.27. The second-order valence-electron chi connectivity index (χ2n) is 7.74. The number of benzene rings is 1. The molecule has 0 atom stereocenters. The van der Waals surface area contributed by atoms with E-state index in [4.69, 9.17) is 0 Å². The van der Waals surface area contributed by atoms with Gasteiger partial charge in [0.25, 0.3) is 0 Å². The van der Waals surface area contributed by atoms with Crippen LogP contribution in [0, 0.1) is 20.8 Å². The molecule has 0 fully saturated rings. The number of nitrogens with zero attached hydrogens (tertiary/aromatic N) is 1. The summed E-state index contributed by atoms with van der Waals surface area (Å²) in [6.45, 7) is 29.8. The molecular weight excluding hydrogens is 386 g/mol. The zero-order valence-corrected chi connectivity index (χ0v) is 23.1. The first-order valence-corrected chi connectivity index (χ1v) is 12.0. The second kappa shape index (κ2) is 23.3. The summed E-state index contributed by atoms with van der Waals surface area (Å²) in [4.78, 5) is 4.36. The molecule has 0 N–H and O–H groups in total. The highest BCUT2D eigenvalue weighted by Crippen LogP contribution is 2.09.